The number of aromatic hydroxyl groups is 3. The number of nitrogens with one attached hydrogen (secondary N) is 3. The third-order valence-electron chi connectivity index (χ3n) is 9.55. The van der Waals surface area contributed by atoms with Crippen molar-refractivity contribution in [2.24, 2.45) is 0 Å². The predicted octanol–water partition coefficient (Wildman–Crippen LogP) is 6.42. The molecule has 324 valence electrons. The lowest BCUT2D eigenvalue weighted by Crippen LogP contribution is -2.39. The number of phenols is 3. The molecule has 0 aliphatic carbocycles. The topological polar surface area (TPSA) is 176 Å². The molecular formula is C45H57N3O9S3. The summed E-state index contributed by atoms with van der Waals surface area (Å²) in [5.41, 5.74) is 8.21. The van der Waals surface area contributed by atoms with E-state index in [2.05, 4.69) is 34.1 Å². The largest absolute Gasteiger partial charge is 0.508 e. The summed E-state index contributed by atoms with van der Waals surface area (Å²) in [6.07, 6.45) is 0. The van der Waals surface area contributed by atoms with E-state index in [4.69, 9.17) is 14.2 Å². The SMILES string of the molecule is COC(=O)[C@@H](CSCc1cc(CSC[C@@H](NCc2cc(C)ccc2O)C(=O)OC)cc(CSC[C@@H](NCc2cc(C)ccc2O)C(=O)OC)c1)NCc1cc(C)ccc1O. The smallest absolute Gasteiger partial charge is 0.323 e. The minimum absolute atomic E-state index is 0.156. The first kappa shape index (κ1) is 48.3. The zero-order valence-corrected chi connectivity index (χ0v) is 37.5. The van der Waals surface area contributed by atoms with Crippen molar-refractivity contribution < 1.29 is 43.9 Å². The lowest BCUT2D eigenvalue weighted by molar-refractivity contribution is -0.143. The van der Waals surface area contributed by atoms with Crippen LogP contribution >= 0.6 is 35.3 Å². The van der Waals surface area contributed by atoms with Crippen molar-refractivity contribution in [2.75, 3.05) is 38.6 Å². The van der Waals surface area contributed by atoms with Crippen LogP contribution in [0.25, 0.3) is 0 Å². The molecule has 0 saturated carbocycles. The summed E-state index contributed by atoms with van der Waals surface area (Å²) in [4.78, 5) is 38.3. The molecule has 4 rings (SSSR count). The molecule has 0 bridgehead atoms. The molecule has 0 aliphatic heterocycles. The van der Waals surface area contributed by atoms with Gasteiger partial charge in [-0.25, -0.2) is 0 Å². The fraction of sp³-hybridized carbons (Fsp3) is 0.400. The number of thioether (sulfide) groups is 3. The second-order valence-electron chi connectivity index (χ2n) is 14.5. The zero-order chi connectivity index (χ0) is 43.6. The summed E-state index contributed by atoms with van der Waals surface area (Å²) in [6.45, 7) is 6.71. The number of hydrogen-bond acceptors (Lipinski definition) is 15. The molecule has 6 N–H and O–H groups in total. The second-order valence-corrected chi connectivity index (χ2v) is 17.6. The van der Waals surface area contributed by atoms with E-state index in [0.29, 0.717) is 70.8 Å². The van der Waals surface area contributed by atoms with E-state index in [1.165, 1.54) is 21.3 Å². The summed E-state index contributed by atoms with van der Waals surface area (Å²) in [5.74, 6) is 2.35. The van der Waals surface area contributed by atoms with Crippen LogP contribution in [0.3, 0.4) is 0 Å². The van der Waals surface area contributed by atoms with E-state index in [0.717, 1.165) is 33.4 Å². The van der Waals surface area contributed by atoms with E-state index < -0.39 is 36.0 Å². The first-order valence-corrected chi connectivity index (χ1v) is 22.9. The van der Waals surface area contributed by atoms with Gasteiger partial charge in [0.2, 0.25) is 0 Å². The van der Waals surface area contributed by atoms with Crippen molar-refractivity contribution in [3.63, 3.8) is 0 Å². The fourth-order valence-corrected chi connectivity index (χ4v) is 9.33. The lowest BCUT2D eigenvalue weighted by atomic mass is 10.1. The molecule has 15 heteroatoms. The number of esters is 3. The molecule has 0 radical (unpaired) electrons. The second kappa shape index (κ2) is 24.8. The highest BCUT2D eigenvalue weighted by Crippen LogP contribution is 2.26. The third-order valence-corrected chi connectivity index (χ3v) is 12.9. The Morgan fingerprint density at radius 1 is 0.483 bits per heavy atom. The highest BCUT2D eigenvalue weighted by Gasteiger charge is 2.22. The van der Waals surface area contributed by atoms with E-state index in [9.17, 15) is 29.7 Å². The number of rotatable bonds is 24. The van der Waals surface area contributed by atoms with Gasteiger partial charge in [0.25, 0.3) is 0 Å². The molecule has 3 atom stereocenters. The van der Waals surface area contributed by atoms with Crippen LogP contribution in [-0.4, -0.2) is 89.9 Å². The Hall–Kier alpha value is -4.38. The quantitative estimate of drug-likeness (QED) is 0.0336. The van der Waals surface area contributed by atoms with E-state index in [-0.39, 0.29) is 17.2 Å². The maximum absolute atomic E-state index is 12.8. The molecule has 0 amide bonds. The van der Waals surface area contributed by atoms with Gasteiger partial charge in [-0.2, -0.15) is 35.3 Å². The van der Waals surface area contributed by atoms with Crippen molar-refractivity contribution in [1.82, 2.24) is 16.0 Å². The lowest BCUT2D eigenvalue weighted by Gasteiger charge is -2.18. The van der Waals surface area contributed by atoms with Gasteiger partial charge in [0.15, 0.2) is 0 Å². The van der Waals surface area contributed by atoms with Crippen LogP contribution in [0, 0.1) is 20.8 Å². The maximum Gasteiger partial charge on any atom is 0.323 e. The Bertz CT molecular complexity index is 1810. The first-order chi connectivity index (χ1) is 28.8. The molecule has 0 fully saturated rings. The number of phenolic OH excluding ortho intramolecular Hbond substituents is 3. The highest BCUT2D eigenvalue weighted by atomic mass is 32.2. The summed E-state index contributed by atoms with van der Waals surface area (Å²) in [5, 5.41) is 40.7. The molecule has 0 heterocycles. The maximum atomic E-state index is 12.8. The van der Waals surface area contributed by atoms with Gasteiger partial charge in [0, 0.05) is 70.8 Å². The average Bonchev–Trinajstić information content (AvgIpc) is 3.24. The number of carbonyl (C=O) groups is 3. The van der Waals surface area contributed by atoms with Gasteiger partial charge >= 0.3 is 17.9 Å². The van der Waals surface area contributed by atoms with E-state index in [1.807, 2.05) is 57.2 Å². The number of carbonyl (C=O) groups excluding carboxylic acids is 3. The Morgan fingerprint density at radius 3 is 1.00 bits per heavy atom. The Labute approximate surface area is 365 Å². The minimum atomic E-state index is -0.609. The van der Waals surface area contributed by atoms with Crippen LogP contribution in [0.4, 0.5) is 0 Å². The zero-order valence-electron chi connectivity index (χ0n) is 35.0. The summed E-state index contributed by atoms with van der Waals surface area (Å²) in [7, 11) is 4.07. The number of benzene rings is 4. The Morgan fingerprint density at radius 2 is 0.750 bits per heavy atom. The van der Waals surface area contributed by atoms with Gasteiger partial charge in [0.1, 0.15) is 35.4 Å². The van der Waals surface area contributed by atoms with Crippen LogP contribution < -0.4 is 16.0 Å². The van der Waals surface area contributed by atoms with Crippen LogP contribution in [-0.2, 0) is 65.5 Å². The van der Waals surface area contributed by atoms with Crippen LogP contribution in [0.2, 0.25) is 0 Å². The average molecular weight is 880 g/mol. The molecule has 0 saturated heterocycles. The monoisotopic (exact) mass is 879 g/mol. The number of hydrogen-bond donors (Lipinski definition) is 6. The summed E-state index contributed by atoms with van der Waals surface area (Å²) < 4.78 is 15.3. The summed E-state index contributed by atoms with van der Waals surface area (Å²) >= 11 is 4.74. The number of ether oxygens (including phenoxy) is 3. The first-order valence-electron chi connectivity index (χ1n) is 19.4. The molecule has 4 aromatic rings. The Balaban J connectivity index is 1.46. The Kier molecular flexibility index (Phi) is 19.9. The highest BCUT2D eigenvalue weighted by molar-refractivity contribution is 7.99. The van der Waals surface area contributed by atoms with Crippen LogP contribution in [0.15, 0.2) is 72.8 Å². The van der Waals surface area contributed by atoms with E-state index in [1.54, 1.807) is 53.5 Å². The van der Waals surface area contributed by atoms with Gasteiger partial charge in [-0.3, -0.25) is 30.3 Å². The normalized spacial score (nSPS) is 12.7. The van der Waals surface area contributed by atoms with Crippen molar-refractivity contribution in [1.29, 1.82) is 0 Å². The molecule has 0 aliphatic rings. The van der Waals surface area contributed by atoms with E-state index >= 15 is 0 Å². The number of aryl methyl sites for hydroxylation is 3. The molecule has 0 spiro atoms. The molecule has 4 aromatic carbocycles. The third kappa shape index (κ3) is 15.6. The van der Waals surface area contributed by atoms with Gasteiger partial charge in [-0.1, -0.05) is 71.3 Å². The van der Waals surface area contributed by atoms with Gasteiger partial charge in [-0.05, 0) is 55.7 Å². The molecule has 12 nitrogen and oxygen atoms in total. The molecule has 0 aromatic heterocycles. The number of methoxy groups -OCH3 is 3. The van der Waals surface area contributed by atoms with Gasteiger partial charge in [0.05, 0.1) is 21.3 Å². The molecular weight excluding hydrogens is 823 g/mol. The van der Waals surface area contributed by atoms with Gasteiger partial charge < -0.3 is 29.5 Å². The minimum Gasteiger partial charge on any atom is -0.508 e. The predicted molar refractivity (Wildman–Crippen MR) is 241 cm³/mol. The molecule has 0 unspecified atom stereocenters. The van der Waals surface area contributed by atoms with Gasteiger partial charge in [-0.15, -0.1) is 0 Å². The standard InChI is InChI=1S/C45H57N3O9S3/c1-28-7-10-40(49)34(13-28)19-46-37(43(52)55-4)25-58-22-31-16-32(23-59-26-38(44(53)56-5)47-20-35-14-29(2)8-11-41(35)50)18-33(17-31)24-60-27-39(45(54)57-6)48-21-36-15-30(3)9-12-42(36)51/h7-18,37-39,46-51H,19-27H2,1-6H3/t37-,38-,39-/m1/s1. The fourth-order valence-electron chi connectivity index (χ4n) is 6.30. The van der Waals surface area contributed by atoms with Crippen molar-refractivity contribution in [3.8, 4) is 17.2 Å². The molecule has 60 heavy (non-hydrogen) atoms. The van der Waals surface area contributed by atoms with Crippen LogP contribution in [0.1, 0.15) is 50.1 Å². The van der Waals surface area contributed by atoms with Crippen LogP contribution in [0.5, 0.6) is 17.2 Å². The summed E-state index contributed by atoms with van der Waals surface area (Å²) in [6, 6.07) is 20.6. The van der Waals surface area contributed by atoms with Crippen molar-refractivity contribution in [2.45, 2.75) is 75.8 Å². The van der Waals surface area contributed by atoms with Crippen molar-refractivity contribution in [3.05, 3.63) is 123 Å². The van der Waals surface area contributed by atoms with Crippen molar-refractivity contribution >= 4 is 53.2 Å².